The van der Waals surface area contributed by atoms with Crippen molar-refractivity contribution in [3.63, 3.8) is 0 Å². The van der Waals surface area contributed by atoms with Gasteiger partial charge in [0.1, 0.15) is 11.2 Å². The lowest BCUT2D eigenvalue weighted by Gasteiger charge is -2.23. The standard InChI is InChI=1S/C34H21NOS2/c1-37-30-16-14-20(21-13-15-23-22-7-2-4-10-28(22)36-29(23)18-21)17-25(30)26-19-35-27-9-6-12-32-34(27)33(26)24-8-3-5-11-31(24)38-32/h2-19H,1H3. The van der Waals surface area contributed by atoms with Crippen molar-refractivity contribution >= 4 is 56.4 Å². The Balaban J connectivity index is 1.37. The minimum absolute atomic E-state index is 0.914. The lowest BCUT2D eigenvalue weighted by Crippen LogP contribution is -1.98. The average molecular weight is 524 g/mol. The Bertz CT molecular complexity index is 2060. The number of hydrogen-bond acceptors (Lipinski definition) is 4. The van der Waals surface area contributed by atoms with Gasteiger partial charge in [0.15, 0.2) is 0 Å². The van der Waals surface area contributed by atoms with E-state index in [0.717, 1.165) is 33.0 Å². The molecular weight excluding hydrogens is 503 g/mol. The average Bonchev–Trinajstić information content (AvgIpc) is 3.35. The molecule has 0 N–H and O–H groups in total. The Morgan fingerprint density at radius 3 is 2.39 bits per heavy atom. The number of aromatic nitrogens is 1. The summed E-state index contributed by atoms with van der Waals surface area (Å²) >= 11 is 3.61. The van der Waals surface area contributed by atoms with Gasteiger partial charge in [0.05, 0.1) is 5.52 Å². The van der Waals surface area contributed by atoms with Crippen LogP contribution in [0.1, 0.15) is 0 Å². The molecule has 0 bridgehead atoms. The fourth-order valence-corrected chi connectivity index (χ4v) is 7.38. The third-order valence-electron chi connectivity index (χ3n) is 7.43. The molecule has 0 radical (unpaired) electrons. The van der Waals surface area contributed by atoms with E-state index in [2.05, 4.69) is 103 Å². The van der Waals surface area contributed by atoms with E-state index in [9.17, 15) is 0 Å². The molecule has 3 heterocycles. The third kappa shape index (κ3) is 3.27. The van der Waals surface area contributed by atoms with Gasteiger partial charge < -0.3 is 4.42 Å². The number of benzene rings is 5. The van der Waals surface area contributed by atoms with Crippen molar-refractivity contribution in [1.29, 1.82) is 0 Å². The summed E-state index contributed by atoms with van der Waals surface area (Å²) in [6.07, 6.45) is 4.21. The van der Waals surface area contributed by atoms with Gasteiger partial charge in [-0.3, -0.25) is 4.98 Å². The second kappa shape index (κ2) is 8.52. The monoisotopic (exact) mass is 523 g/mol. The van der Waals surface area contributed by atoms with E-state index >= 15 is 0 Å². The Hall–Kier alpha value is -3.99. The first kappa shape index (κ1) is 22.0. The highest BCUT2D eigenvalue weighted by atomic mass is 32.2. The van der Waals surface area contributed by atoms with E-state index in [1.807, 2.05) is 23.9 Å². The minimum atomic E-state index is 0.914. The number of thioether (sulfide) groups is 1. The summed E-state index contributed by atoms with van der Waals surface area (Å²) in [6, 6.07) is 36.7. The Morgan fingerprint density at radius 1 is 0.658 bits per heavy atom. The summed E-state index contributed by atoms with van der Waals surface area (Å²) in [5.41, 5.74) is 10.1. The number of pyridine rings is 1. The Labute approximate surface area is 228 Å². The smallest absolute Gasteiger partial charge is 0.136 e. The molecule has 1 aliphatic heterocycles. The zero-order valence-electron chi connectivity index (χ0n) is 20.6. The van der Waals surface area contributed by atoms with Gasteiger partial charge >= 0.3 is 0 Å². The molecule has 0 spiro atoms. The topological polar surface area (TPSA) is 26.0 Å². The van der Waals surface area contributed by atoms with Gasteiger partial charge in [-0.25, -0.2) is 0 Å². The van der Waals surface area contributed by atoms with Crippen LogP contribution in [-0.4, -0.2) is 11.2 Å². The SMILES string of the molecule is CSc1ccc(-c2ccc3c(c2)oc2ccccc23)cc1-c1cnc2cccc3c2c1-c1ccccc1S3. The fourth-order valence-electron chi connectivity index (χ4n) is 5.66. The van der Waals surface area contributed by atoms with Crippen molar-refractivity contribution < 1.29 is 4.42 Å². The molecule has 4 heteroatoms. The number of furan rings is 1. The fraction of sp³-hybridized carbons (Fsp3) is 0.0294. The molecule has 0 atom stereocenters. The number of nitrogens with zero attached hydrogens (tertiary/aromatic N) is 1. The molecule has 5 aromatic carbocycles. The molecular formula is C34H21NOS2. The van der Waals surface area contributed by atoms with E-state index in [-0.39, 0.29) is 0 Å². The van der Waals surface area contributed by atoms with E-state index in [1.54, 1.807) is 11.8 Å². The van der Waals surface area contributed by atoms with Crippen molar-refractivity contribution in [2.45, 2.75) is 14.7 Å². The molecule has 0 amide bonds. The highest BCUT2D eigenvalue weighted by Crippen LogP contribution is 2.51. The van der Waals surface area contributed by atoms with Crippen LogP contribution in [0.2, 0.25) is 0 Å². The van der Waals surface area contributed by atoms with Crippen LogP contribution in [0, 0.1) is 0 Å². The lowest BCUT2D eigenvalue weighted by molar-refractivity contribution is 0.669. The van der Waals surface area contributed by atoms with E-state index in [0.29, 0.717) is 0 Å². The predicted octanol–water partition coefficient (Wildman–Crippen LogP) is 10.3. The van der Waals surface area contributed by atoms with Gasteiger partial charge in [0.2, 0.25) is 0 Å². The minimum Gasteiger partial charge on any atom is -0.456 e. The van der Waals surface area contributed by atoms with Gasteiger partial charge in [0, 0.05) is 48.2 Å². The number of hydrogen-bond donors (Lipinski definition) is 0. The summed E-state index contributed by atoms with van der Waals surface area (Å²) in [4.78, 5) is 8.73. The molecule has 8 rings (SSSR count). The first-order valence-corrected chi connectivity index (χ1v) is 14.6. The van der Waals surface area contributed by atoms with Crippen LogP contribution in [0.3, 0.4) is 0 Å². The molecule has 7 aromatic rings. The van der Waals surface area contributed by atoms with Gasteiger partial charge in [0.25, 0.3) is 0 Å². The van der Waals surface area contributed by atoms with Crippen molar-refractivity contribution in [3.05, 3.63) is 109 Å². The van der Waals surface area contributed by atoms with Crippen LogP contribution in [0.4, 0.5) is 0 Å². The Kier molecular flexibility index (Phi) is 4.94. The van der Waals surface area contributed by atoms with Crippen molar-refractivity contribution in [2.75, 3.05) is 6.26 Å². The molecule has 0 aliphatic carbocycles. The molecule has 0 fully saturated rings. The zero-order chi connectivity index (χ0) is 25.2. The third-order valence-corrected chi connectivity index (χ3v) is 9.37. The molecule has 38 heavy (non-hydrogen) atoms. The quantitative estimate of drug-likeness (QED) is 0.215. The molecule has 2 aromatic heterocycles. The van der Waals surface area contributed by atoms with E-state index in [4.69, 9.17) is 9.40 Å². The van der Waals surface area contributed by atoms with Crippen LogP contribution < -0.4 is 0 Å². The summed E-state index contributed by atoms with van der Waals surface area (Å²) in [5.74, 6) is 0. The van der Waals surface area contributed by atoms with Crippen LogP contribution in [0.25, 0.3) is 66.2 Å². The van der Waals surface area contributed by atoms with Crippen molar-refractivity contribution in [1.82, 2.24) is 4.98 Å². The molecule has 0 saturated carbocycles. The molecule has 1 aliphatic rings. The van der Waals surface area contributed by atoms with E-state index < -0.39 is 0 Å². The van der Waals surface area contributed by atoms with Crippen LogP contribution in [-0.2, 0) is 0 Å². The highest BCUT2D eigenvalue weighted by Gasteiger charge is 2.24. The maximum Gasteiger partial charge on any atom is 0.136 e. The molecule has 180 valence electrons. The van der Waals surface area contributed by atoms with Gasteiger partial charge in [-0.15, -0.1) is 11.8 Å². The number of rotatable bonds is 3. The number of para-hydroxylation sites is 1. The van der Waals surface area contributed by atoms with Crippen LogP contribution >= 0.6 is 23.5 Å². The van der Waals surface area contributed by atoms with Crippen molar-refractivity contribution in [3.8, 4) is 33.4 Å². The second-order valence-electron chi connectivity index (χ2n) is 9.52. The first-order chi connectivity index (χ1) is 18.8. The van der Waals surface area contributed by atoms with Gasteiger partial charge in [-0.2, -0.15) is 0 Å². The van der Waals surface area contributed by atoms with E-state index in [1.165, 1.54) is 47.9 Å². The summed E-state index contributed by atoms with van der Waals surface area (Å²) in [7, 11) is 0. The summed E-state index contributed by atoms with van der Waals surface area (Å²) in [6.45, 7) is 0. The molecule has 0 unspecified atom stereocenters. The largest absolute Gasteiger partial charge is 0.456 e. The predicted molar refractivity (Wildman–Crippen MR) is 161 cm³/mol. The summed E-state index contributed by atoms with van der Waals surface area (Å²) in [5, 5.41) is 3.55. The molecule has 2 nitrogen and oxygen atoms in total. The second-order valence-corrected chi connectivity index (χ2v) is 11.5. The van der Waals surface area contributed by atoms with Gasteiger partial charge in [-0.05, 0) is 77.0 Å². The molecule has 0 saturated heterocycles. The highest BCUT2D eigenvalue weighted by molar-refractivity contribution is 7.99. The first-order valence-electron chi connectivity index (χ1n) is 12.6. The zero-order valence-corrected chi connectivity index (χ0v) is 22.2. The maximum absolute atomic E-state index is 6.20. The normalized spacial score (nSPS) is 12.3. The van der Waals surface area contributed by atoms with Crippen LogP contribution in [0.5, 0.6) is 0 Å². The van der Waals surface area contributed by atoms with Crippen LogP contribution in [0.15, 0.2) is 128 Å². The van der Waals surface area contributed by atoms with Crippen molar-refractivity contribution in [2.24, 2.45) is 0 Å². The van der Waals surface area contributed by atoms with Gasteiger partial charge in [-0.1, -0.05) is 66.4 Å². The Morgan fingerprint density at radius 2 is 1.45 bits per heavy atom. The lowest BCUT2D eigenvalue weighted by atomic mass is 9.90. The number of fused-ring (bicyclic) bond motifs is 5. The summed E-state index contributed by atoms with van der Waals surface area (Å²) < 4.78 is 6.20. The maximum atomic E-state index is 6.20.